The average Bonchev–Trinajstić information content (AvgIpc) is 3.23. The van der Waals surface area contributed by atoms with Crippen molar-refractivity contribution in [3.8, 4) is 17.5 Å². The molecule has 23 heavy (non-hydrogen) atoms. The van der Waals surface area contributed by atoms with Crippen molar-refractivity contribution in [3.05, 3.63) is 46.4 Å². The molecule has 3 rings (SSSR count). The smallest absolute Gasteiger partial charge is 0.415 e. The predicted octanol–water partition coefficient (Wildman–Crippen LogP) is 3.87. The molecule has 1 atom stereocenters. The summed E-state index contributed by atoms with van der Waals surface area (Å²) in [4.78, 5) is 4.49. The summed E-state index contributed by atoms with van der Waals surface area (Å²) in [6.45, 7) is 4.90. The summed E-state index contributed by atoms with van der Waals surface area (Å²) in [5.41, 5.74) is 1.67. The Bertz CT molecular complexity index is 742. The number of aromatic nitrogens is 3. The highest BCUT2D eigenvalue weighted by Gasteiger charge is 2.13. The van der Waals surface area contributed by atoms with Crippen molar-refractivity contribution in [2.45, 2.75) is 26.6 Å². The van der Waals surface area contributed by atoms with E-state index in [1.165, 1.54) is 0 Å². The molecule has 0 amide bonds. The number of ether oxygens (including phenoxy) is 2. The second-order valence-electron chi connectivity index (χ2n) is 4.80. The minimum absolute atomic E-state index is 0.00756. The van der Waals surface area contributed by atoms with Crippen LogP contribution in [0.15, 0.2) is 40.1 Å². The molecule has 0 unspecified atom stereocenters. The van der Waals surface area contributed by atoms with E-state index in [-0.39, 0.29) is 18.8 Å². The van der Waals surface area contributed by atoms with Gasteiger partial charge in [-0.3, -0.25) is 0 Å². The third-order valence-electron chi connectivity index (χ3n) is 3.10. The van der Waals surface area contributed by atoms with E-state index >= 15 is 0 Å². The van der Waals surface area contributed by atoms with E-state index in [1.807, 2.05) is 49.6 Å². The molecule has 2 heterocycles. The molecule has 1 aromatic carbocycles. The molecular weight excluding hydrogens is 314 g/mol. The van der Waals surface area contributed by atoms with Crippen LogP contribution in [-0.4, -0.2) is 21.8 Å². The number of nitrogens with zero attached hydrogens (tertiary/aromatic N) is 3. The van der Waals surface area contributed by atoms with Crippen molar-refractivity contribution >= 4 is 11.3 Å². The molecule has 120 valence electrons. The second-order valence-corrected chi connectivity index (χ2v) is 5.69. The fourth-order valence-electron chi connectivity index (χ4n) is 2.00. The van der Waals surface area contributed by atoms with Crippen molar-refractivity contribution in [3.63, 3.8) is 0 Å². The molecule has 0 fully saturated rings. The van der Waals surface area contributed by atoms with E-state index in [2.05, 4.69) is 15.2 Å². The van der Waals surface area contributed by atoms with Gasteiger partial charge in [0, 0.05) is 17.6 Å². The molecule has 7 heteroatoms. The SMILES string of the molecule is CCO[C@H](C)c1nc(COc2nnc(-c3ccccc3)o2)cs1. The van der Waals surface area contributed by atoms with Gasteiger partial charge in [0.05, 0.1) is 5.69 Å². The van der Waals surface area contributed by atoms with Crippen molar-refractivity contribution in [2.75, 3.05) is 6.61 Å². The largest absolute Gasteiger partial charge is 0.442 e. The lowest BCUT2D eigenvalue weighted by Gasteiger charge is -2.06. The maximum atomic E-state index is 5.52. The van der Waals surface area contributed by atoms with Gasteiger partial charge in [-0.05, 0) is 26.0 Å². The Morgan fingerprint density at radius 2 is 2.04 bits per heavy atom. The predicted molar refractivity (Wildman–Crippen MR) is 86.2 cm³/mol. The summed E-state index contributed by atoms with van der Waals surface area (Å²) in [5.74, 6) is 0.435. The number of thiazole rings is 1. The third-order valence-corrected chi connectivity index (χ3v) is 4.16. The summed E-state index contributed by atoms with van der Waals surface area (Å²) >= 11 is 1.55. The topological polar surface area (TPSA) is 70.3 Å². The third kappa shape index (κ3) is 3.94. The molecule has 0 radical (unpaired) electrons. The zero-order valence-corrected chi connectivity index (χ0v) is 13.7. The summed E-state index contributed by atoms with van der Waals surface area (Å²) in [7, 11) is 0. The van der Waals surface area contributed by atoms with Gasteiger partial charge in [0.2, 0.25) is 0 Å². The minimum Gasteiger partial charge on any atom is -0.442 e. The van der Waals surface area contributed by atoms with Crippen LogP contribution < -0.4 is 4.74 Å². The molecule has 0 bridgehead atoms. The molecule has 0 aliphatic rings. The van der Waals surface area contributed by atoms with Gasteiger partial charge in [0.15, 0.2) is 0 Å². The normalized spacial score (nSPS) is 12.3. The molecule has 6 nitrogen and oxygen atoms in total. The van der Waals surface area contributed by atoms with Crippen LogP contribution in [0, 0.1) is 0 Å². The summed E-state index contributed by atoms with van der Waals surface area (Å²) in [6.07, 6.45) is 0.128. The number of hydrogen-bond acceptors (Lipinski definition) is 7. The summed E-state index contributed by atoms with van der Waals surface area (Å²) in [5, 5.41) is 10.7. The van der Waals surface area contributed by atoms with Crippen LogP contribution >= 0.6 is 11.3 Å². The van der Waals surface area contributed by atoms with Crippen LogP contribution in [0.2, 0.25) is 0 Å². The fraction of sp³-hybridized carbons (Fsp3) is 0.312. The number of rotatable bonds is 7. The summed E-state index contributed by atoms with van der Waals surface area (Å²) < 4.78 is 16.5. The van der Waals surface area contributed by atoms with Gasteiger partial charge >= 0.3 is 6.08 Å². The Labute approximate surface area is 138 Å². The Morgan fingerprint density at radius 3 is 2.83 bits per heavy atom. The highest BCUT2D eigenvalue weighted by molar-refractivity contribution is 7.09. The van der Waals surface area contributed by atoms with Gasteiger partial charge in [0.25, 0.3) is 5.89 Å². The maximum absolute atomic E-state index is 5.52. The molecule has 2 aromatic heterocycles. The van der Waals surface area contributed by atoms with Gasteiger partial charge in [-0.15, -0.1) is 16.4 Å². The Morgan fingerprint density at radius 1 is 1.22 bits per heavy atom. The highest BCUT2D eigenvalue weighted by Crippen LogP contribution is 2.23. The van der Waals surface area contributed by atoms with Gasteiger partial charge < -0.3 is 13.9 Å². The highest BCUT2D eigenvalue weighted by atomic mass is 32.1. The Kier molecular flexibility index (Phi) is 4.99. The average molecular weight is 331 g/mol. The first-order chi connectivity index (χ1) is 11.3. The van der Waals surface area contributed by atoms with Crippen LogP contribution in [0.5, 0.6) is 6.08 Å². The van der Waals surface area contributed by atoms with Gasteiger partial charge in [-0.2, -0.15) is 0 Å². The molecule has 0 N–H and O–H groups in total. The molecule has 0 spiro atoms. The first-order valence-corrected chi connectivity index (χ1v) is 8.22. The molecular formula is C16H17N3O3S. The standard InChI is InChI=1S/C16H17N3O3S/c1-3-20-11(2)15-17-13(10-23-15)9-21-16-19-18-14(22-16)12-7-5-4-6-8-12/h4-8,10-11H,3,9H2,1-2H3/t11-/m1/s1. The quantitative estimate of drug-likeness (QED) is 0.654. The van der Waals surface area contributed by atoms with Crippen LogP contribution in [0.25, 0.3) is 11.5 Å². The molecule has 0 saturated heterocycles. The van der Waals surface area contributed by atoms with Crippen molar-refractivity contribution in [1.82, 2.24) is 15.2 Å². The van der Waals surface area contributed by atoms with Crippen molar-refractivity contribution < 1.29 is 13.9 Å². The second kappa shape index (κ2) is 7.34. The van der Waals surface area contributed by atoms with E-state index in [9.17, 15) is 0 Å². The van der Waals surface area contributed by atoms with Crippen LogP contribution in [0.4, 0.5) is 0 Å². The molecule has 0 aliphatic carbocycles. The monoisotopic (exact) mass is 331 g/mol. The first kappa shape index (κ1) is 15.6. The van der Waals surface area contributed by atoms with Crippen molar-refractivity contribution in [1.29, 1.82) is 0 Å². The van der Waals surface area contributed by atoms with E-state index in [0.717, 1.165) is 16.3 Å². The summed E-state index contributed by atoms with van der Waals surface area (Å²) in [6, 6.07) is 9.56. The van der Waals surface area contributed by atoms with Crippen LogP contribution in [0.3, 0.4) is 0 Å². The first-order valence-electron chi connectivity index (χ1n) is 7.34. The van der Waals surface area contributed by atoms with Crippen molar-refractivity contribution in [2.24, 2.45) is 0 Å². The Balaban J connectivity index is 1.60. The van der Waals surface area contributed by atoms with E-state index in [0.29, 0.717) is 12.5 Å². The van der Waals surface area contributed by atoms with E-state index < -0.39 is 0 Å². The minimum atomic E-state index is -0.00756. The van der Waals surface area contributed by atoms with E-state index in [1.54, 1.807) is 11.3 Å². The van der Waals surface area contributed by atoms with Gasteiger partial charge in [0.1, 0.15) is 17.7 Å². The van der Waals surface area contributed by atoms with Gasteiger partial charge in [-0.1, -0.05) is 23.3 Å². The van der Waals surface area contributed by atoms with Crippen LogP contribution in [0.1, 0.15) is 30.7 Å². The Hall–Kier alpha value is -2.25. The van der Waals surface area contributed by atoms with E-state index in [4.69, 9.17) is 13.9 Å². The zero-order chi connectivity index (χ0) is 16.1. The lowest BCUT2D eigenvalue weighted by Crippen LogP contribution is -2.00. The lowest BCUT2D eigenvalue weighted by atomic mass is 10.2. The fourth-order valence-corrected chi connectivity index (χ4v) is 2.81. The zero-order valence-electron chi connectivity index (χ0n) is 12.9. The molecule has 0 saturated carbocycles. The maximum Gasteiger partial charge on any atom is 0.415 e. The van der Waals surface area contributed by atoms with Gasteiger partial charge in [-0.25, -0.2) is 4.98 Å². The number of hydrogen-bond donors (Lipinski definition) is 0. The lowest BCUT2D eigenvalue weighted by molar-refractivity contribution is 0.0759. The number of benzene rings is 1. The molecule has 3 aromatic rings. The van der Waals surface area contributed by atoms with Crippen LogP contribution in [-0.2, 0) is 11.3 Å². The molecule has 0 aliphatic heterocycles.